The zero-order valence-corrected chi connectivity index (χ0v) is 15.4. The summed E-state index contributed by atoms with van der Waals surface area (Å²) in [4.78, 5) is 30.5. The van der Waals surface area contributed by atoms with E-state index < -0.39 is 23.3 Å². The second kappa shape index (κ2) is 8.48. The van der Waals surface area contributed by atoms with E-state index in [0.717, 1.165) is 5.69 Å². The first-order valence-electron chi connectivity index (χ1n) is 9.24. The van der Waals surface area contributed by atoms with Crippen molar-refractivity contribution in [1.82, 2.24) is 9.88 Å². The molecule has 0 aliphatic carbocycles. The van der Waals surface area contributed by atoms with E-state index in [0.29, 0.717) is 18.5 Å². The molecule has 148 valence electrons. The van der Waals surface area contributed by atoms with E-state index in [4.69, 9.17) is 0 Å². The molecule has 28 heavy (non-hydrogen) atoms. The maximum Gasteiger partial charge on any atom is 0.314 e. The van der Waals surface area contributed by atoms with Crippen LogP contribution in [-0.4, -0.2) is 51.2 Å². The van der Waals surface area contributed by atoms with Crippen LogP contribution in [0.1, 0.15) is 24.1 Å². The van der Waals surface area contributed by atoms with Crippen LogP contribution in [0.4, 0.5) is 4.39 Å². The van der Waals surface area contributed by atoms with Gasteiger partial charge >= 0.3 is 5.97 Å². The number of aliphatic hydroxyl groups excluding tert-OH is 1. The number of pyridine rings is 1. The first-order valence-corrected chi connectivity index (χ1v) is 9.24. The third-order valence-electron chi connectivity index (χ3n) is 5.32. The lowest BCUT2D eigenvalue weighted by Gasteiger charge is -2.43. The minimum Gasteiger partial charge on any atom is -0.481 e. The molecule has 0 radical (unpaired) electrons. The highest BCUT2D eigenvalue weighted by atomic mass is 19.1. The van der Waals surface area contributed by atoms with Gasteiger partial charge in [-0.2, -0.15) is 0 Å². The number of carboxylic acids is 1. The number of amides is 1. The highest BCUT2D eigenvalue weighted by Crippen LogP contribution is 2.35. The van der Waals surface area contributed by atoms with Crippen molar-refractivity contribution in [2.75, 3.05) is 13.1 Å². The number of aliphatic hydroxyl groups is 1. The fourth-order valence-electron chi connectivity index (χ4n) is 3.66. The summed E-state index contributed by atoms with van der Waals surface area (Å²) in [5, 5.41) is 20.4. The first-order chi connectivity index (χ1) is 13.4. The number of aromatic nitrogens is 1. The molecule has 0 bridgehead atoms. The molecule has 1 aromatic heterocycles. The maximum atomic E-state index is 13.2. The molecule has 2 N–H and O–H groups in total. The van der Waals surface area contributed by atoms with Crippen molar-refractivity contribution in [2.45, 2.75) is 31.8 Å². The average molecular weight is 386 g/mol. The number of carboxylic acid groups (broad SMARTS) is 1. The average Bonchev–Trinajstić information content (AvgIpc) is 2.70. The molecule has 2 heterocycles. The van der Waals surface area contributed by atoms with Crippen LogP contribution in [0.5, 0.6) is 0 Å². The third-order valence-corrected chi connectivity index (χ3v) is 5.32. The van der Waals surface area contributed by atoms with E-state index in [1.54, 1.807) is 12.3 Å². The van der Waals surface area contributed by atoms with Crippen molar-refractivity contribution < 1.29 is 24.2 Å². The zero-order chi connectivity index (χ0) is 20.1. The third kappa shape index (κ3) is 4.36. The molecule has 0 unspecified atom stereocenters. The summed E-state index contributed by atoms with van der Waals surface area (Å²) in [7, 11) is 0. The Bertz CT molecular complexity index is 828. The topological polar surface area (TPSA) is 90.7 Å². The van der Waals surface area contributed by atoms with E-state index >= 15 is 0 Å². The van der Waals surface area contributed by atoms with Gasteiger partial charge in [0.2, 0.25) is 5.91 Å². The lowest BCUT2D eigenvalue weighted by molar-refractivity contribution is -0.165. The quantitative estimate of drug-likeness (QED) is 0.793. The number of carbonyl (C=O) groups is 2. The van der Waals surface area contributed by atoms with Crippen LogP contribution < -0.4 is 0 Å². The Kier molecular flexibility index (Phi) is 6.04. The first kappa shape index (κ1) is 19.9. The predicted octanol–water partition coefficient (Wildman–Crippen LogP) is 2.06. The summed E-state index contributed by atoms with van der Waals surface area (Å²) < 4.78 is 13.2. The monoisotopic (exact) mass is 386 g/mol. The van der Waals surface area contributed by atoms with Gasteiger partial charge in [0.05, 0.1) is 6.10 Å². The van der Waals surface area contributed by atoms with E-state index in [9.17, 15) is 24.2 Å². The van der Waals surface area contributed by atoms with Gasteiger partial charge in [0.25, 0.3) is 0 Å². The van der Waals surface area contributed by atoms with Crippen LogP contribution >= 0.6 is 0 Å². The van der Waals surface area contributed by atoms with Gasteiger partial charge < -0.3 is 15.1 Å². The smallest absolute Gasteiger partial charge is 0.314 e. The van der Waals surface area contributed by atoms with Gasteiger partial charge in [-0.1, -0.05) is 18.2 Å². The Morgan fingerprint density at radius 1 is 1.21 bits per heavy atom. The molecule has 3 rings (SSSR count). The number of likely N-dealkylation sites (tertiary alicyclic amines) is 1. The number of aryl methyl sites for hydroxylation is 1. The molecule has 2 aromatic rings. The molecule has 1 fully saturated rings. The fraction of sp³-hybridized carbons (Fsp3) is 0.381. The number of benzene rings is 1. The van der Waals surface area contributed by atoms with E-state index in [2.05, 4.69) is 4.98 Å². The number of carbonyl (C=O) groups excluding carboxylic acids is 1. The Balaban J connectivity index is 1.73. The van der Waals surface area contributed by atoms with Gasteiger partial charge in [-0.15, -0.1) is 0 Å². The Morgan fingerprint density at radius 3 is 2.61 bits per heavy atom. The fourth-order valence-corrected chi connectivity index (χ4v) is 3.66. The number of hydrogen-bond donors (Lipinski definition) is 2. The highest BCUT2D eigenvalue weighted by molar-refractivity contribution is 5.80. The number of piperidine rings is 1. The van der Waals surface area contributed by atoms with Crippen molar-refractivity contribution in [1.29, 1.82) is 0 Å². The van der Waals surface area contributed by atoms with Gasteiger partial charge in [0.15, 0.2) is 0 Å². The molecular weight excluding hydrogens is 363 g/mol. The predicted molar refractivity (Wildman–Crippen MR) is 99.9 cm³/mol. The summed E-state index contributed by atoms with van der Waals surface area (Å²) in [5.41, 5.74) is -0.120. The number of aliphatic carboxylic acids is 1. The summed E-state index contributed by atoms with van der Waals surface area (Å²) in [5.74, 6) is -1.74. The molecular formula is C21H23FN2O4. The molecule has 1 aromatic carbocycles. The van der Waals surface area contributed by atoms with Gasteiger partial charge in [0, 0.05) is 31.4 Å². The van der Waals surface area contributed by atoms with Crippen molar-refractivity contribution in [3.05, 3.63) is 65.7 Å². The number of hydrogen-bond acceptors (Lipinski definition) is 4. The largest absolute Gasteiger partial charge is 0.481 e. The molecule has 1 amide bonds. The second-order valence-electron chi connectivity index (χ2n) is 7.21. The second-order valence-corrected chi connectivity index (χ2v) is 7.21. The summed E-state index contributed by atoms with van der Waals surface area (Å²) >= 11 is 0. The van der Waals surface area contributed by atoms with E-state index in [1.165, 1.54) is 29.2 Å². The van der Waals surface area contributed by atoms with Gasteiger partial charge in [-0.3, -0.25) is 14.6 Å². The Labute approximate surface area is 162 Å². The Morgan fingerprint density at radius 2 is 1.96 bits per heavy atom. The normalized spacial score (nSPS) is 22.1. The summed E-state index contributed by atoms with van der Waals surface area (Å²) in [6, 6.07) is 11.0. The minimum atomic E-state index is -1.52. The van der Waals surface area contributed by atoms with Gasteiger partial charge in [0.1, 0.15) is 11.2 Å². The molecule has 2 atom stereocenters. The number of halogens is 1. The lowest BCUT2D eigenvalue weighted by Crippen LogP contribution is -2.58. The molecule has 1 saturated heterocycles. The highest BCUT2D eigenvalue weighted by Gasteiger charge is 2.50. The summed E-state index contributed by atoms with van der Waals surface area (Å²) in [6.07, 6.45) is 1.47. The molecule has 0 spiro atoms. The lowest BCUT2D eigenvalue weighted by atomic mass is 9.72. The van der Waals surface area contributed by atoms with Crippen LogP contribution in [0.15, 0.2) is 48.7 Å². The molecule has 0 saturated carbocycles. The summed E-state index contributed by atoms with van der Waals surface area (Å²) in [6.45, 7) is 0.225. The zero-order valence-electron chi connectivity index (χ0n) is 15.4. The molecule has 1 aliphatic heterocycles. The standard InChI is InChI=1S/C21H23FN2O4/c22-16-6-4-15(5-7-16)13-21(20(27)28)14-24(12-10-18(21)25)19(26)9-8-17-3-1-2-11-23-17/h1-7,11,18,25H,8-10,12-14H2,(H,27,28)/t18-,21+/m0/s1. The van der Waals surface area contributed by atoms with Crippen molar-refractivity contribution in [2.24, 2.45) is 5.41 Å². The molecule has 6 nitrogen and oxygen atoms in total. The Hall–Kier alpha value is -2.80. The van der Waals surface area contributed by atoms with Crippen molar-refractivity contribution in [3.63, 3.8) is 0 Å². The maximum absolute atomic E-state index is 13.2. The van der Waals surface area contributed by atoms with Crippen LogP contribution in [0.25, 0.3) is 0 Å². The van der Waals surface area contributed by atoms with E-state index in [-0.39, 0.29) is 31.7 Å². The molecule has 7 heteroatoms. The van der Waals surface area contributed by atoms with Gasteiger partial charge in [-0.25, -0.2) is 4.39 Å². The van der Waals surface area contributed by atoms with Crippen molar-refractivity contribution >= 4 is 11.9 Å². The van der Waals surface area contributed by atoms with Crippen LogP contribution in [-0.2, 0) is 22.4 Å². The van der Waals surface area contributed by atoms with Crippen LogP contribution in [0, 0.1) is 11.2 Å². The van der Waals surface area contributed by atoms with E-state index in [1.807, 2.05) is 12.1 Å². The number of nitrogens with zero attached hydrogens (tertiary/aromatic N) is 2. The SMILES string of the molecule is O=C(CCc1ccccn1)N1CC[C@H](O)[C@](Cc2ccc(F)cc2)(C(=O)O)C1. The van der Waals surface area contributed by atoms with Crippen LogP contribution in [0.3, 0.4) is 0 Å². The van der Waals surface area contributed by atoms with Gasteiger partial charge in [-0.05, 0) is 49.1 Å². The molecule has 1 aliphatic rings. The van der Waals surface area contributed by atoms with Crippen LogP contribution in [0.2, 0.25) is 0 Å². The van der Waals surface area contributed by atoms with Crippen molar-refractivity contribution in [3.8, 4) is 0 Å². The number of rotatable bonds is 6. The minimum absolute atomic E-state index is 0.0216.